The number of benzene rings is 1. The normalized spacial score (nSPS) is 18.1. The second-order valence-corrected chi connectivity index (χ2v) is 11.8. The second kappa shape index (κ2) is 10.0. The summed E-state index contributed by atoms with van der Waals surface area (Å²) in [6.07, 6.45) is 8.55. The summed E-state index contributed by atoms with van der Waals surface area (Å²) in [6, 6.07) is 8.87. The minimum atomic E-state index is -0.154. The van der Waals surface area contributed by atoms with Crippen molar-refractivity contribution in [3.8, 4) is 5.75 Å². The smallest absolute Gasteiger partial charge is 0.138 e. The molecule has 194 valence electrons. The average Bonchev–Trinajstić information content (AvgIpc) is 3.53. The maximum Gasteiger partial charge on any atom is 0.138 e. The molecule has 2 aliphatic heterocycles. The molecule has 37 heavy (non-hydrogen) atoms. The van der Waals surface area contributed by atoms with E-state index >= 15 is 0 Å². The highest BCUT2D eigenvalue weighted by Gasteiger charge is 2.31. The van der Waals surface area contributed by atoms with Crippen LogP contribution in [0, 0.1) is 0 Å². The number of likely N-dealkylation sites (tertiary alicyclic amines) is 1. The molecule has 1 fully saturated rings. The van der Waals surface area contributed by atoms with E-state index in [1.165, 1.54) is 21.4 Å². The molecule has 6 rings (SSSR count). The van der Waals surface area contributed by atoms with Crippen LogP contribution in [0.25, 0.3) is 10.2 Å². The van der Waals surface area contributed by atoms with Crippen LogP contribution in [0.1, 0.15) is 48.3 Å². The molecule has 0 atom stereocenters. The quantitative estimate of drug-likeness (QED) is 0.374. The van der Waals surface area contributed by atoms with Gasteiger partial charge in [0.15, 0.2) is 0 Å². The first-order chi connectivity index (χ1) is 18.0. The number of hydrogen-bond acceptors (Lipinski definition) is 8. The van der Waals surface area contributed by atoms with Crippen LogP contribution in [0.15, 0.2) is 43.0 Å². The lowest BCUT2D eigenvalue weighted by molar-refractivity contribution is -0.0379. The van der Waals surface area contributed by atoms with Crippen molar-refractivity contribution in [3.63, 3.8) is 0 Å². The number of nitrogens with zero attached hydrogens (tertiary/aromatic N) is 5. The molecule has 8 nitrogen and oxygen atoms in total. The van der Waals surface area contributed by atoms with E-state index in [9.17, 15) is 0 Å². The third kappa shape index (κ3) is 5.21. The monoisotopic (exact) mass is 518 g/mol. The fraction of sp³-hybridized carbons (Fsp3) is 0.464. The summed E-state index contributed by atoms with van der Waals surface area (Å²) in [7, 11) is 1.73. The molecule has 0 spiro atoms. The number of rotatable bonds is 7. The van der Waals surface area contributed by atoms with Crippen LogP contribution < -0.4 is 10.1 Å². The summed E-state index contributed by atoms with van der Waals surface area (Å²) in [5.41, 5.74) is 3.67. The molecule has 1 saturated heterocycles. The number of hydrogen-bond donors (Lipinski definition) is 1. The van der Waals surface area contributed by atoms with Crippen LogP contribution in [0.3, 0.4) is 0 Å². The number of aromatic nitrogens is 4. The maximum absolute atomic E-state index is 6.04. The van der Waals surface area contributed by atoms with Gasteiger partial charge in [-0.1, -0.05) is 6.07 Å². The lowest BCUT2D eigenvalue weighted by Gasteiger charge is -2.33. The molecule has 0 unspecified atom stereocenters. The molecule has 0 amide bonds. The highest BCUT2D eigenvalue weighted by Crippen LogP contribution is 2.40. The Kier molecular flexibility index (Phi) is 6.60. The molecule has 0 radical (unpaired) electrons. The van der Waals surface area contributed by atoms with Gasteiger partial charge >= 0.3 is 0 Å². The molecule has 5 heterocycles. The van der Waals surface area contributed by atoms with Crippen LogP contribution in [0.2, 0.25) is 0 Å². The average molecular weight is 519 g/mol. The van der Waals surface area contributed by atoms with Crippen molar-refractivity contribution in [2.24, 2.45) is 0 Å². The van der Waals surface area contributed by atoms with E-state index in [1.807, 2.05) is 23.1 Å². The Balaban J connectivity index is 1.11. The first kappa shape index (κ1) is 24.3. The zero-order valence-corrected chi connectivity index (χ0v) is 22.6. The molecule has 1 aromatic carbocycles. The van der Waals surface area contributed by atoms with Gasteiger partial charge in [0, 0.05) is 54.9 Å². The molecule has 0 bridgehead atoms. The first-order valence-electron chi connectivity index (χ1n) is 13.0. The summed E-state index contributed by atoms with van der Waals surface area (Å²) >= 11 is 1.74. The van der Waals surface area contributed by atoms with E-state index in [0.717, 1.165) is 60.9 Å². The summed E-state index contributed by atoms with van der Waals surface area (Å²) in [5, 5.41) is 9.33. The number of nitrogens with one attached hydrogen (secondary N) is 1. The van der Waals surface area contributed by atoms with Gasteiger partial charge in [-0.05, 0) is 56.0 Å². The summed E-state index contributed by atoms with van der Waals surface area (Å²) in [5.74, 6) is 1.89. The first-order valence-corrected chi connectivity index (χ1v) is 13.8. The second-order valence-electron chi connectivity index (χ2n) is 10.7. The number of fused-ring (bicyclic) bond motifs is 3. The molecule has 9 heteroatoms. The number of anilines is 1. The van der Waals surface area contributed by atoms with Crippen molar-refractivity contribution < 1.29 is 9.47 Å². The lowest BCUT2D eigenvalue weighted by Crippen LogP contribution is -2.39. The van der Waals surface area contributed by atoms with E-state index in [4.69, 9.17) is 9.47 Å². The van der Waals surface area contributed by atoms with E-state index < -0.39 is 0 Å². The zero-order valence-electron chi connectivity index (χ0n) is 21.7. The van der Waals surface area contributed by atoms with Crippen LogP contribution in [-0.2, 0) is 30.9 Å². The Bertz CT molecular complexity index is 1380. The van der Waals surface area contributed by atoms with E-state index in [2.05, 4.69) is 57.3 Å². The largest absolute Gasteiger partial charge is 0.496 e. The van der Waals surface area contributed by atoms with Gasteiger partial charge in [-0.2, -0.15) is 5.10 Å². The third-order valence-electron chi connectivity index (χ3n) is 7.44. The Labute approximate surface area is 221 Å². The molecule has 4 aromatic rings. The molecule has 3 aromatic heterocycles. The SMILES string of the molecule is COc1ccc(CN2CCC(Nc3ncnc4sc5c(c34)CC(C)(C)OC5)CC2)cc1Cn1cccn1. The van der Waals surface area contributed by atoms with Crippen molar-refractivity contribution in [1.82, 2.24) is 24.6 Å². The molecule has 2 aliphatic rings. The number of methoxy groups -OCH3 is 1. The van der Waals surface area contributed by atoms with Crippen LogP contribution in [-0.4, -0.2) is 56.5 Å². The number of thiophene rings is 1. The Morgan fingerprint density at radius 2 is 2.05 bits per heavy atom. The molecular formula is C28H34N6O2S. The van der Waals surface area contributed by atoms with Gasteiger partial charge in [0.05, 0.1) is 31.2 Å². The molecule has 0 aliphatic carbocycles. The number of piperidine rings is 1. The fourth-order valence-corrected chi connectivity index (χ4v) is 6.57. The summed E-state index contributed by atoms with van der Waals surface area (Å²) in [4.78, 5) is 14.2. The maximum atomic E-state index is 6.04. The predicted octanol–water partition coefficient (Wildman–Crippen LogP) is 4.87. The van der Waals surface area contributed by atoms with Gasteiger partial charge in [-0.25, -0.2) is 9.97 Å². The van der Waals surface area contributed by atoms with Crippen LogP contribution >= 0.6 is 11.3 Å². The predicted molar refractivity (Wildman–Crippen MR) is 146 cm³/mol. The van der Waals surface area contributed by atoms with Crippen LogP contribution in [0.4, 0.5) is 5.82 Å². The van der Waals surface area contributed by atoms with Crippen molar-refractivity contribution in [3.05, 3.63) is 64.6 Å². The molecular weight excluding hydrogens is 484 g/mol. The fourth-order valence-electron chi connectivity index (χ4n) is 5.50. The van der Waals surface area contributed by atoms with Gasteiger partial charge in [-0.3, -0.25) is 9.58 Å². The molecule has 1 N–H and O–H groups in total. The van der Waals surface area contributed by atoms with E-state index in [0.29, 0.717) is 19.2 Å². The Hall–Kier alpha value is -3.01. The zero-order chi connectivity index (χ0) is 25.4. The molecule has 0 saturated carbocycles. The van der Waals surface area contributed by atoms with Gasteiger partial charge in [0.1, 0.15) is 22.7 Å². The van der Waals surface area contributed by atoms with Crippen molar-refractivity contribution in [1.29, 1.82) is 0 Å². The van der Waals surface area contributed by atoms with E-state index in [1.54, 1.807) is 24.8 Å². The van der Waals surface area contributed by atoms with Gasteiger partial charge in [0.2, 0.25) is 0 Å². The van der Waals surface area contributed by atoms with Crippen molar-refractivity contribution in [2.75, 3.05) is 25.5 Å². The van der Waals surface area contributed by atoms with Crippen molar-refractivity contribution in [2.45, 2.75) is 64.4 Å². The number of ether oxygens (including phenoxy) is 2. The lowest BCUT2D eigenvalue weighted by atomic mass is 9.94. The highest BCUT2D eigenvalue weighted by atomic mass is 32.1. The minimum absolute atomic E-state index is 0.154. The third-order valence-corrected chi connectivity index (χ3v) is 8.55. The topological polar surface area (TPSA) is 77.3 Å². The Morgan fingerprint density at radius 3 is 2.84 bits per heavy atom. The van der Waals surface area contributed by atoms with Gasteiger partial charge < -0.3 is 14.8 Å². The summed E-state index contributed by atoms with van der Waals surface area (Å²) < 4.78 is 13.6. The van der Waals surface area contributed by atoms with Crippen LogP contribution in [0.5, 0.6) is 5.75 Å². The standard InChI is InChI=1S/C28H34N6O2S/c1-28(2)14-22-24(17-36-28)37-27-25(22)26(29-18-30-27)32-21-7-11-33(12-8-21)15-19-5-6-23(35-3)20(13-19)16-34-10-4-9-31-34/h4-6,9-10,13,18,21H,7-8,11-12,14-17H2,1-3H3,(H,29,30,32). The van der Waals surface area contributed by atoms with Crippen molar-refractivity contribution >= 4 is 27.4 Å². The highest BCUT2D eigenvalue weighted by molar-refractivity contribution is 7.18. The summed E-state index contributed by atoms with van der Waals surface area (Å²) in [6.45, 7) is 8.73. The van der Waals surface area contributed by atoms with Gasteiger partial charge in [0.25, 0.3) is 0 Å². The Morgan fingerprint density at radius 1 is 1.19 bits per heavy atom. The van der Waals surface area contributed by atoms with E-state index in [-0.39, 0.29) is 5.60 Å². The minimum Gasteiger partial charge on any atom is -0.496 e. The van der Waals surface area contributed by atoms with Gasteiger partial charge in [-0.15, -0.1) is 11.3 Å².